The lowest BCUT2D eigenvalue weighted by atomic mass is 10.0. The molecule has 0 spiro atoms. The van der Waals surface area contributed by atoms with Crippen molar-refractivity contribution in [3.05, 3.63) is 35.4 Å². The first-order valence-electron chi connectivity index (χ1n) is 10.3. The van der Waals surface area contributed by atoms with Crippen LogP contribution in [0.25, 0.3) is 0 Å². The van der Waals surface area contributed by atoms with Crippen LogP contribution in [0.5, 0.6) is 0 Å². The summed E-state index contributed by atoms with van der Waals surface area (Å²) >= 11 is 0. The molecule has 0 aromatic heterocycles. The molecule has 0 fully saturated rings. The fourth-order valence-electron chi connectivity index (χ4n) is 2.84. The molecule has 3 N–H and O–H groups in total. The lowest BCUT2D eigenvalue weighted by molar-refractivity contribution is 0.0951. The Hall–Kier alpha value is -2.08. The van der Waals surface area contributed by atoms with Crippen molar-refractivity contribution in [1.29, 1.82) is 0 Å². The van der Waals surface area contributed by atoms with E-state index in [1.807, 2.05) is 43.3 Å². The van der Waals surface area contributed by atoms with Gasteiger partial charge in [0.05, 0.1) is 0 Å². The van der Waals surface area contributed by atoms with Crippen molar-refractivity contribution in [3.63, 3.8) is 0 Å². The number of carbonyl (C=O) groups excluding carboxylic acids is 1. The van der Waals surface area contributed by atoms with Gasteiger partial charge in [0.2, 0.25) is 0 Å². The van der Waals surface area contributed by atoms with E-state index in [2.05, 4.69) is 41.7 Å². The number of nitrogens with zero attached hydrogens (tertiary/aromatic N) is 2. The van der Waals surface area contributed by atoms with E-state index in [9.17, 15) is 4.79 Å². The van der Waals surface area contributed by atoms with Gasteiger partial charge in [0.1, 0.15) is 0 Å². The minimum absolute atomic E-state index is 0.0371. The van der Waals surface area contributed by atoms with Gasteiger partial charge < -0.3 is 20.9 Å². The van der Waals surface area contributed by atoms with Crippen LogP contribution in [0, 0.1) is 5.92 Å². The Morgan fingerprint density at radius 1 is 1.14 bits per heavy atom. The van der Waals surface area contributed by atoms with Gasteiger partial charge in [-0.1, -0.05) is 38.8 Å². The number of nitrogens with one attached hydrogen (secondary N) is 3. The summed E-state index contributed by atoms with van der Waals surface area (Å²) in [6, 6.07) is 8.08. The van der Waals surface area contributed by atoms with Crippen LogP contribution in [-0.2, 0) is 6.54 Å². The Morgan fingerprint density at radius 3 is 2.54 bits per heavy atom. The maximum Gasteiger partial charge on any atom is 0.251 e. The molecule has 28 heavy (non-hydrogen) atoms. The highest BCUT2D eigenvalue weighted by Gasteiger charge is 2.08. The summed E-state index contributed by atoms with van der Waals surface area (Å²) in [5.41, 5.74) is 1.73. The SMILES string of the molecule is CN=C(NCc1cccc(C(=O)NCCN(C)C)c1)NC(C)CCCC(C)C. The summed E-state index contributed by atoms with van der Waals surface area (Å²) < 4.78 is 0. The Morgan fingerprint density at radius 2 is 1.89 bits per heavy atom. The van der Waals surface area contributed by atoms with Crippen LogP contribution in [-0.4, -0.2) is 57.0 Å². The molecule has 1 rings (SSSR count). The molecule has 1 amide bonds. The second-order valence-corrected chi connectivity index (χ2v) is 8.06. The smallest absolute Gasteiger partial charge is 0.251 e. The number of rotatable bonds is 11. The summed E-state index contributed by atoms with van der Waals surface area (Å²) in [5.74, 6) is 1.50. The molecule has 0 bridgehead atoms. The van der Waals surface area contributed by atoms with E-state index in [1.165, 1.54) is 12.8 Å². The number of aliphatic imine (C=N–C) groups is 1. The molecule has 1 unspecified atom stereocenters. The van der Waals surface area contributed by atoms with Crippen LogP contribution in [0.2, 0.25) is 0 Å². The van der Waals surface area contributed by atoms with E-state index in [0.717, 1.165) is 30.4 Å². The van der Waals surface area contributed by atoms with Crippen molar-refractivity contribution in [2.24, 2.45) is 10.9 Å². The fourth-order valence-corrected chi connectivity index (χ4v) is 2.84. The minimum atomic E-state index is -0.0371. The first-order chi connectivity index (χ1) is 13.3. The number of guanidine groups is 1. The first kappa shape index (κ1) is 24.0. The molecule has 0 aliphatic rings. The zero-order valence-electron chi connectivity index (χ0n) is 18.5. The van der Waals surface area contributed by atoms with Gasteiger partial charge in [-0.3, -0.25) is 9.79 Å². The van der Waals surface area contributed by atoms with E-state index in [1.54, 1.807) is 7.05 Å². The Kier molecular flexibility index (Phi) is 11.3. The second-order valence-electron chi connectivity index (χ2n) is 8.06. The van der Waals surface area contributed by atoms with Gasteiger partial charge in [-0.05, 0) is 51.1 Å². The Labute approximate surface area is 171 Å². The van der Waals surface area contributed by atoms with Crippen molar-refractivity contribution in [2.45, 2.75) is 52.6 Å². The summed E-state index contributed by atoms with van der Waals surface area (Å²) in [4.78, 5) is 18.6. The molecule has 0 saturated heterocycles. The summed E-state index contributed by atoms with van der Waals surface area (Å²) in [5, 5.41) is 9.73. The molecule has 1 atom stereocenters. The van der Waals surface area contributed by atoms with Gasteiger partial charge in [-0.25, -0.2) is 0 Å². The summed E-state index contributed by atoms with van der Waals surface area (Å²) in [6.45, 7) is 8.79. The van der Waals surface area contributed by atoms with Crippen molar-refractivity contribution < 1.29 is 4.79 Å². The molecule has 1 aromatic carbocycles. The average molecular weight is 390 g/mol. The third-order valence-corrected chi connectivity index (χ3v) is 4.52. The highest BCUT2D eigenvalue weighted by atomic mass is 16.1. The number of hydrogen-bond acceptors (Lipinski definition) is 3. The molecule has 0 aliphatic heterocycles. The molecular formula is C22H39N5O. The van der Waals surface area contributed by atoms with Gasteiger partial charge in [0.15, 0.2) is 5.96 Å². The van der Waals surface area contributed by atoms with E-state index < -0.39 is 0 Å². The number of amides is 1. The van der Waals surface area contributed by atoms with Crippen LogP contribution >= 0.6 is 0 Å². The third kappa shape index (κ3) is 10.3. The monoisotopic (exact) mass is 389 g/mol. The Balaban J connectivity index is 2.48. The van der Waals surface area contributed by atoms with Crippen LogP contribution in [0.3, 0.4) is 0 Å². The van der Waals surface area contributed by atoms with Crippen LogP contribution in [0.1, 0.15) is 56.0 Å². The summed E-state index contributed by atoms with van der Waals surface area (Å²) in [7, 11) is 5.76. The topological polar surface area (TPSA) is 68.8 Å². The maximum absolute atomic E-state index is 12.3. The quantitative estimate of drug-likeness (QED) is 0.402. The molecular weight excluding hydrogens is 350 g/mol. The predicted octanol–water partition coefficient (Wildman–Crippen LogP) is 2.86. The average Bonchev–Trinajstić information content (AvgIpc) is 2.64. The zero-order valence-corrected chi connectivity index (χ0v) is 18.5. The van der Waals surface area contributed by atoms with Gasteiger partial charge in [0, 0.05) is 38.3 Å². The molecule has 0 aliphatic carbocycles. The largest absolute Gasteiger partial charge is 0.354 e. The van der Waals surface area contributed by atoms with Crippen LogP contribution in [0.4, 0.5) is 0 Å². The molecule has 0 radical (unpaired) electrons. The van der Waals surface area contributed by atoms with Crippen molar-refractivity contribution in [3.8, 4) is 0 Å². The number of hydrogen-bond donors (Lipinski definition) is 3. The van der Waals surface area contributed by atoms with E-state index in [-0.39, 0.29) is 5.91 Å². The first-order valence-corrected chi connectivity index (χ1v) is 10.3. The second kappa shape index (κ2) is 13.2. The molecule has 158 valence electrons. The predicted molar refractivity (Wildman–Crippen MR) is 119 cm³/mol. The van der Waals surface area contributed by atoms with Gasteiger partial charge in [-0.2, -0.15) is 0 Å². The molecule has 1 aromatic rings. The van der Waals surface area contributed by atoms with Gasteiger partial charge in [0.25, 0.3) is 5.91 Å². The normalized spacial score (nSPS) is 12.9. The number of carbonyl (C=O) groups is 1. The zero-order chi connectivity index (χ0) is 20.9. The van der Waals surface area contributed by atoms with E-state index in [0.29, 0.717) is 24.7 Å². The van der Waals surface area contributed by atoms with Crippen LogP contribution in [0.15, 0.2) is 29.3 Å². The minimum Gasteiger partial charge on any atom is -0.354 e. The van der Waals surface area contributed by atoms with Crippen molar-refractivity contribution in [1.82, 2.24) is 20.9 Å². The summed E-state index contributed by atoms with van der Waals surface area (Å²) in [6.07, 6.45) is 3.59. The van der Waals surface area contributed by atoms with Crippen molar-refractivity contribution in [2.75, 3.05) is 34.2 Å². The Bertz CT molecular complexity index is 613. The standard InChI is InChI=1S/C22H39N5O/c1-17(2)9-7-10-18(3)26-22(23-4)25-16-19-11-8-12-20(15-19)21(28)24-13-14-27(5)6/h8,11-12,15,17-18H,7,9-10,13-14,16H2,1-6H3,(H,24,28)(H2,23,25,26). The highest BCUT2D eigenvalue weighted by molar-refractivity contribution is 5.94. The molecule has 0 saturated carbocycles. The molecule has 0 heterocycles. The fraction of sp³-hybridized carbons (Fsp3) is 0.636. The lowest BCUT2D eigenvalue weighted by Gasteiger charge is -2.18. The third-order valence-electron chi connectivity index (χ3n) is 4.52. The van der Waals surface area contributed by atoms with E-state index >= 15 is 0 Å². The number of likely N-dealkylation sites (N-methyl/N-ethyl adjacent to an activating group) is 1. The molecule has 6 nitrogen and oxygen atoms in total. The van der Waals surface area contributed by atoms with Gasteiger partial charge in [-0.15, -0.1) is 0 Å². The van der Waals surface area contributed by atoms with Crippen molar-refractivity contribution >= 4 is 11.9 Å². The highest BCUT2D eigenvalue weighted by Crippen LogP contribution is 2.08. The van der Waals surface area contributed by atoms with E-state index in [4.69, 9.17) is 0 Å². The van der Waals surface area contributed by atoms with Crippen LogP contribution < -0.4 is 16.0 Å². The lowest BCUT2D eigenvalue weighted by Crippen LogP contribution is -2.41. The number of benzene rings is 1. The molecule has 6 heteroatoms. The maximum atomic E-state index is 12.3. The van der Waals surface area contributed by atoms with Gasteiger partial charge >= 0.3 is 0 Å².